The maximum absolute atomic E-state index is 12.9. The van der Waals surface area contributed by atoms with Gasteiger partial charge in [-0.05, 0) is 43.5 Å². The number of anilines is 4. The van der Waals surface area contributed by atoms with Gasteiger partial charge in [-0.25, -0.2) is 4.98 Å². The fourth-order valence-electron chi connectivity index (χ4n) is 2.88. The fourth-order valence-corrected chi connectivity index (χ4v) is 2.88. The molecule has 2 heterocycles. The lowest BCUT2D eigenvalue weighted by molar-refractivity contribution is -0.137. The van der Waals surface area contributed by atoms with Gasteiger partial charge in [-0.1, -0.05) is 0 Å². The molecule has 2 aromatic rings. The number of hydrogen-bond donors (Lipinski definition) is 2. The molecule has 2 N–H and O–H groups in total. The van der Waals surface area contributed by atoms with Crippen LogP contribution in [-0.4, -0.2) is 30.1 Å². The minimum absolute atomic E-state index is 0.114. The monoisotopic (exact) mass is 351 g/mol. The summed E-state index contributed by atoms with van der Waals surface area (Å²) in [6, 6.07) is 7.75. The molecule has 0 radical (unpaired) electrons. The Morgan fingerprint density at radius 3 is 2.32 bits per heavy atom. The Morgan fingerprint density at radius 1 is 1.04 bits per heavy atom. The van der Waals surface area contributed by atoms with Crippen LogP contribution in [0.5, 0.6) is 0 Å². The van der Waals surface area contributed by atoms with Crippen molar-refractivity contribution in [2.45, 2.75) is 25.4 Å². The van der Waals surface area contributed by atoms with Gasteiger partial charge in [0.1, 0.15) is 11.4 Å². The predicted molar refractivity (Wildman–Crippen MR) is 92.4 cm³/mol. The lowest BCUT2D eigenvalue weighted by Crippen LogP contribution is -2.29. The van der Waals surface area contributed by atoms with Crippen LogP contribution in [0.15, 0.2) is 30.5 Å². The number of nitrogens with one attached hydrogen (secondary N) is 2. The summed E-state index contributed by atoms with van der Waals surface area (Å²) in [5.41, 5.74) is 0.984. The Hall–Kier alpha value is -2.51. The standard InChI is InChI=1S/C17H20F3N5/c1-21-15-14(17(18,19)20)11-22-16(24-15)23-12-5-7-13(8-6-12)25-9-3-2-4-10-25/h5-8,11H,2-4,9-10H2,1H3,(H2,21,22,23,24). The Kier molecular flexibility index (Phi) is 4.96. The average Bonchev–Trinajstić information content (AvgIpc) is 2.62. The second-order valence-electron chi connectivity index (χ2n) is 5.92. The van der Waals surface area contributed by atoms with Crippen molar-refractivity contribution in [3.8, 4) is 0 Å². The molecule has 0 aliphatic carbocycles. The Morgan fingerprint density at radius 2 is 1.72 bits per heavy atom. The van der Waals surface area contributed by atoms with E-state index in [-0.39, 0.29) is 11.8 Å². The van der Waals surface area contributed by atoms with Gasteiger partial charge in [0.15, 0.2) is 0 Å². The van der Waals surface area contributed by atoms with Gasteiger partial charge in [0, 0.05) is 37.7 Å². The zero-order valence-electron chi connectivity index (χ0n) is 13.9. The van der Waals surface area contributed by atoms with Crippen molar-refractivity contribution in [1.82, 2.24) is 9.97 Å². The van der Waals surface area contributed by atoms with E-state index in [0.29, 0.717) is 0 Å². The highest BCUT2D eigenvalue weighted by molar-refractivity contribution is 5.60. The zero-order chi connectivity index (χ0) is 17.9. The molecular formula is C17H20F3N5. The van der Waals surface area contributed by atoms with Crippen LogP contribution in [0.1, 0.15) is 24.8 Å². The molecule has 134 valence electrons. The SMILES string of the molecule is CNc1nc(Nc2ccc(N3CCCCC3)cc2)ncc1C(F)(F)F. The number of halogens is 3. The first-order valence-corrected chi connectivity index (χ1v) is 8.21. The number of hydrogen-bond acceptors (Lipinski definition) is 5. The Bertz CT molecular complexity index is 709. The predicted octanol–water partition coefficient (Wildman–Crippen LogP) is 4.27. The molecule has 1 aromatic carbocycles. The highest BCUT2D eigenvalue weighted by Gasteiger charge is 2.35. The van der Waals surface area contributed by atoms with E-state index in [2.05, 4.69) is 25.5 Å². The number of benzene rings is 1. The van der Waals surface area contributed by atoms with Gasteiger partial charge in [-0.15, -0.1) is 0 Å². The molecule has 0 bridgehead atoms. The van der Waals surface area contributed by atoms with Gasteiger partial charge < -0.3 is 15.5 Å². The zero-order valence-corrected chi connectivity index (χ0v) is 13.9. The first-order chi connectivity index (χ1) is 12.0. The molecule has 25 heavy (non-hydrogen) atoms. The van der Waals surface area contributed by atoms with Gasteiger partial charge in [-0.3, -0.25) is 0 Å². The van der Waals surface area contributed by atoms with Crippen molar-refractivity contribution < 1.29 is 13.2 Å². The van der Waals surface area contributed by atoms with Gasteiger partial charge >= 0.3 is 6.18 Å². The molecule has 0 atom stereocenters. The minimum Gasteiger partial charge on any atom is -0.372 e. The van der Waals surface area contributed by atoms with E-state index in [4.69, 9.17) is 0 Å². The normalized spacial score (nSPS) is 15.1. The molecule has 0 saturated carbocycles. The van der Waals surface area contributed by atoms with E-state index in [1.807, 2.05) is 24.3 Å². The molecule has 1 aliphatic rings. The summed E-state index contributed by atoms with van der Waals surface area (Å²) in [6.45, 7) is 2.11. The van der Waals surface area contributed by atoms with Crippen LogP contribution in [0.3, 0.4) is 0 Å². The summed E-state index contributed by atoms with van der Waals surface area (Å²) in [4.78, 5) is 10.0. The maximum Gasteiger partial charge on any atom is 0.421 e. The van der Waals surface area contributed by atoms with Crippen molar-refractivity contribution in [2.24, 2.45) is 0 Å². The summed E-state index contributed by atoms with van der Waals surface area (Å²) >= 11 is 0. The highest BCUT2D eigenvalue weighted by Crippen LogP contribution is 2.33. The average molecular weight is 351 g/mol. The van der Waals surface area contributed by atoms with E-state index in [0.717, 1.165) is 30.7 Å². The molecule has 1 aromatic heterocycles. The molecule has 1 aliphatic heterocycles. The number of piperidine rings is 1. The molecule has 0 spiro atoms. The summed E-state index contributed by atoms with van der Waals surface area (Å²) in [5.74, 6) is -0.141. The lowest BCUT2D eigenvalue weighted by Gasteiger charge is -2.28. The molecule has 3 rings (SSSR count). The Labute approximate surface area is 144 Å². The first-order valence-electron chi connectivity index (χ1n) is 8.21. The summed E-state index contributed by atoms with van der Waals surface area (Å²) < 4.78 is 38.6. The molecule has 8 heteroatoms. The number of nitrogens with zero attached hydrogens (tertiary/aromatic N) is 3. The third-order valence-electron chi connectivity index (χ3n) is 4.18. The van der Waals surface area contributed by atoms with Crippen LogP contribution in [0.2, 0.25) is 0 Å². The molecule has 0 amide bonds. The van der Waals surface area contributed by atoms with Crippen molar-refractivity contribution in [2.75, 3.05) is 35.7 Å². The number of aromatic nitrogens is 2. The van der Waals surface area contributed by atoms with E-state index in [1.54, 1.807) is 0 Å². The molecular weight excluding hydrogens is 331 g/mol. The molecule has 0 unspecified atom stereocenters. The summed E-state index contributed by atoms with van der Waals surface area (Å²) in [7, 11) is 1.40. The smallest absolute Gasteiger partial charge is 0.372 e. The third kappa shape index (κ3) is 4.12. The van der Waals surface area contributed by atoms with E-state index in [1.165, 1.54) is 26.3 Å². The van der Waals surface area contributed by atoms with Gasteiger partial charge in [0.2, 0.25) is 5.95 Å². The third-order valence-corrected chi connectivity index (χ3v) is 4.18. The molecule has 5 nitrogen and oxygen atoms in total. The van der Waals surface area contributed by atoms with Gasteiger partial charge in [0.25, 0.3) is 0 Å². The van der Waals surface area contributed by atoms with Crippen LogP contribution < -0.4 is 15.5 Å². The quantitative estimate of drug-likeness (QED) is 0.861. The molecule has 1 fully saturated rings. The second kappa shape index (κ2) is 7.16. The van der Waals surface area contributed by atoms with E-state index in [9.17, 15) is 13.2 Å². The van der Waals surface area contributed by atoms with Crippen LogP contribution in [0, 0.1) is 0 Å². The fraction of sp³-hybridized carbons (Fsp3) is 0.412. The minimum atomic E-state index is -4.49. The van der Waals surface area contributed by atoms with Crippen LogP contribution in [0.4, 0.5) is 36.3 Å². The lowest BCUT2D eigenvalue weighted by atomic mass is 10.1. The van der Waals surface area contributed by atoms with Crippen LogP contribution in [-0.2, 0) is 6.18 Å². The summed E-state index contributed by atoms with van der Waals surface area (Å²) in [5, 5.41) is 5.40. The van der Waals surface area contributed by atoms with Crippen molar-refractivity contribution in [3.63, 3.8) is 0 Å². The first kappa shape index (κ1) is 17.3. The topological polar surface area (TPSA) is 53.1 Å². The summed E-state index contributed by atoms with van der Waals surface area (Å²) in [6.07, 6.45) is -0.0379. The van der Waals surface area contributed by atoms with Crippen LogP contribution >= 0.6 is 0 Å². The number of rotatable bonds is 4. The van der Waals surface area contributed by atoms with E-state index < -0.39 is 11.7 Å². The Balaban J connectivity index is 1.73. The van der Waals surface area contributed by atoms with E-state index >= 15 is 0 Å². The van der Waals surface area contributed by atoms with Gasteiger partial charge in [-0.2, -0.15) is 18.2 Å². The van der Waals surface area contributed by atoms with Crippen LogP contribution in [0.25, 0.3) is 0 Å². The van der Waals surface area contributed by atoms with Crippen molar-refractivity contribution in [3.05, 3.63) is 36.0 Å². The largest absolute Gasteiger partial charge is 0.421 e. The maximum atomic E-state index is 12.9. The van der Waals surface area contributed by atoms with Crippen molar-refractivity contribution >= 4 is 23.1 Å². The molecule has 1 saturated heterocycles. The highest BCUT2D eigenvalue weighted by atomic mass is 19.4. The van der Waals surface area contributed by atoms with Crippen molar-refractivity contribution in [1.29, 1.82) is 0 Å². The number of alkyl halides is 3. The van der Waals surface area contributed by atoms with Gasteiger partial charge in [0.05, 0.1) is 0 Å². The second-order valence-corrected chi connectivity index (χ2v) is 5.92.